The van der Waals surface area contributed by atoms with Crippen LogP contribution in [0.15, 0.2) is 0 Å². The summed E-state index contributed by atoms with van der Waals surface area (Å²) in [5, 5.41) is 0. The van der Waals surface area contributed by atoms with Crippen LogP contribution in [0.5, 0.6) is 0 Å². The summed E-state index contributed by atoms with van der Waals surface area (Å²) in [5.74, 6) is 0. The van der Waals surface area contributed by atoms with E-state index in [0.29, 0.717) is 12.2 Å². The average Bonchev–Trinajstić information content (AvgIpc) is 2.47. The first-order valence-corrected chi connectivity index (χ1v) is 10.1. The number of hydrogen-bond acceptors (Lipinski definition) is 2. The molecule has 1 heterocycles. The fourth-order valence-corrected chi connectivity index (χ4v) is 3.64. The summed E-state index contributed by atoms with van der Waals surface area (Å²) in [5.41, 5.74) is 0. The van der Waals surface area contributed by atoms with Crippen molar-refractivity contribution >= 4 is 0 Å². The lowest BCUT2D eigenvalue weighted by atomic mass is 10.1. The lowest BCUT2D eigenvalue weighted by Gasteiger charge is -2.35. The van der Waals surface area contributed by atoms with Gasteiger partial charge in [0.25, 0.3) is 0 Å². The fraction of sp³-hybridized carbons (Fsp3) is 1.00. The molecule has 0 aromatic heterocycles. The van der Waals surface area contributed by atoms with Crippen molar-refractivity contribution in [1.29, 1.82) is 0 Å². The van der Waals surface area contributed by atoms with E-state index >= 15 is 0 Å². The minimum Gasteiger partial charge on any atom is -0.373 e. The molecule has 0 N–H and O–H groups in total. The maximum Gasteiger partial charge on any atom is 0.0678 e. The Bertz CT molecular complexity index is 234. The van der Waals surface area contributed by atoms with E-state index in [1.807, 2.05) is 0 Å². The maximum absolute atomic E-state index is 5.79. The highest BCUT2D eigenvalue weighted by Crippen LogP contribution is 2.14. The van der Waals surface area contributed by atoms with Gasteiger partial charge in [0.15, 0.2) is 0 Å². The van der Waals surface area contributed by atoms with E-state index in [1.54, 1.807) is 0 Å². The number of unbranched alkanes of at least 4 members (excludes halogenated alkanes) is 11. The molecule has 0 bridgehead atoms. The zero-order valence-electron chi connectivity index (χ0n) is 15.6. The fourth-order valence-electron chi connectivity index (χ4n) is 3.64. The van der Waals surface area contributed by atoms with Crippen LogP contribution in [0.4, 0.5) is 0 Å². The molecule has 2 nitrogen and oxygen atoms in total. The van der Waals surface area contributed by atoms with E-state index in [4.69, 9.17) is 4.74 Å². The molecule has 1 aliphatic rings. The molecule has 0 aromatic rings. The summed E-state index contributed by atoms with van der Waals surface area (Å²) in [7, 11) is 0. The number of rotatable bonds is 13. The summed E-state index contributed by atoms with van der Waals surface area (Å²) in [6, 6.07) is 0. The minimum atomic E-state index is 0.418. The molecule has 0 radical (unpaired) electrons. The van der Waals surface area contributed by atoms with Gasteiger partial charge in [-0.25, -0.2) is 0 Å². The monoisotopic (exact) mass is 311 g/mol. The topological polar surface area (TPSA) is 12.5 Å². The molecule has 2 heteroatoms. The van der Waals surface area contributed by atoms with Gasteiger partial charge in [-0.15, -0.1) is 0 Å². The van der Waals surface area contributed by atoms with Crippen LogP contribution in [0.1, 0.15) is 97.8 Å². The van der Waals surface area contributed by atoms with Crippen molar-refractivity contribution in [1.82, 2.24) is 4.90 Å². The Kier molecular flexibility index (Phi) is 12.1. The molecule has 0 aliphatic carbocycles. The molecular weight excluding hydrogens is 270 g/mol. The summed E-state index contributed by atoms with van der Waals surface area (Å²) in [4.78, 5) is 2.59. The van der Waals surface area contributed by atoms with Crippen molar-refractivity contribution in [3.8, 4) is 0 Å². The Balaban J connectivity index is 1.80. The molecule has 1 saturated heterocycles. The lowest BCUT2D eigenvalue weighted by molar-refractivity contribution is -0.0681. The van der Waals surface area contributed by atoms with Gasteiger partial charge in [0, 0.05) is 13.1 Å². The molecule has 132 valence electrons. The van der Waals surface area contributed by atoms with Crippen LogP contribution in [0.3, 0.4) is 0 Å². The smallest absolute Gasteiger partial charge is 0.0678 e. The largest absolute Gasteiger partial charge is 0.373 e. The van der Waals surface area contributed by atoms with Gasteiger partial charge < -0.3 is 4.74 Å². The van der Waals surface area contributed by atoms with Crippen LogP contribution in [-0.2, 0) is 4.74 Å². The second kappa shape index (κ2) is 13.4. The highest BCUT2D eigenvalue weighted by Gasteiger charge is 2.21. The first kappa shape index (κ1) is 20.0. The average molecular weight is 312 g/mol. The van der Waals surface area contributed by atoms with Crippen molar-refractivity contribution in [3.05, 3.63) is 0 Å². The third kappa shape index (κ3) is 10.6. The molecule has 1 aliphatic heterocycles. The van der Waals surface area contributed by atoms with Gasteiger partial charge >= 0.3 is 0 Å². The van der Waals surface area contributed by atoms with Crippen molar-refractivity contribution in [2.75, 3.05) is 19.6 Å². The Morgan fingerprint density at radius 3 is 1.55 bits per heavy atom. The molecular formula is C20H41NO. The highest BCUT2D eigenvalue weighted by molar-refractivity contribution is 4.72. The molecule has 2 atom stereocenters. The molecule has 0 aromatic carbocycles. The molecule has 0 unspecified atom stereocenters. The number of ether oxygens (including phenoxy) is 1. The van der Waals surface area contributed by atoms with Gasteiger partial charge in [-0.05, 0) is 26.8 Å². The number of nitrogens with zero attached hydrogens (tertiary/aromatic N) is 1. The van der Waals surface area contributed by atoms with Crippen molar-refractivity contribution in [2.45, 2.75) is 110 Å². The lowest BCUT2D eigenvalue weighted by Crippen LogP contribution is -2.45. The maximum atomic E-state index is 5.79. The van der Waals surface area contributed by atoms with E-state index in [1.165, 1.54) is 83.6 Å². The number of morpholine rings is 1. The standard InChI is InChI=1S/C20H41NO/c1-4-5-6-7-8-9-10-11-12-13-14-15-16-21-17-19(2)22-20(3)18-21/h19-20H,4-18H2,1-3H3/t19-,20-/m1/s1. The van der Waals surface area contributed by atoms with Crippen LogP contribution < -0.4 is 0 Å². The molecule has 1 fully saturated rings. The van der Waals surface area contributed by atoms with E-state index in [9.17, 15) is 0 Å². The van der Waals surface area contributed by atoms with E-state index < -0.39 is 0 Å². The van der Waals surface area contributed by atoms with Gasteiger partial charge in [0.05, 0.1) is 12.2 Å². The first-order chi connectivity index (χ1) is 10.7. The Morgan fingerprint density at radius 2 is 1.09 bits per heavy atom. The normalized spacial score (nSPS) is 23.0. The third-order valence-electron chi connectivity index (χ3n) is 4.82. The van der Waals surface area contributed by atoms with Crippen LogP contribution in [-0.4, -0.2) is 36.7 Å². The summed E-state index contributed by atoms with van der Waals surface area (Å²) >= 11 is 0. The highest BCUT2D eigenvalue weighted by atomic mass is 16.5. The predicted molar refractivity (Wildman–Crippen MR) is 97.5 cm³/mol. The molecule has 22 heavy (non-hydrogen) atoms. The van der Waals surface area contributed by atoms with Crippen molar-refractivity contribution < 1.29 is 4.74 Å². The van der Waals surface area contributed by atoms with Crippen LogP contribution >= 0.6 is 0 Å². The quantitative estimate of drug-likeness (QED) is 0.399. The molecule has 0 saturated carbocycles. The molecule has 0 spiro atoms. The summed E-state index contributed by atoms with van der Waals surface area (Å²) in [6.07, 6.45) is 18.1. The van der Waals surface area contributed by atoms with Crippen LogP contribution in [0.25, 0.3) is 0 Å². The second-order valence-corrected chi connectivity index (χ2v) is 7.41. The zero-order chi connectivity index (χ0) is 16.0. The predicted octanol–water partition coefficient (Wildman–Crippen LogP) is 5.80. The Labute approximate surface area is 140 Å². The van der Waals surface area contributed by atoms with Gasteiger partial charge in [0.2, 0.25) is 0 Å². The van der Waals surface area contributed by atoms with E-state index in [2.05, 4.69) is 25.7 Å². The third-order valence-corrected chi connectivity index (χ3v) is 4.82. The molecule has 0 amide bonds. The van der Waals surface area contributed by atoms with Crippen LogP contribution in [0, 0.1) is 0 Å². The first-order valence-electron chi connectivity index (χ1n) is 10.1. The molecule has 1 rings (SSSR count). The van der Waals surface area contributed by atoms with E-state index in [-0.39, 0.29) is 0 Å². The van der Waals surface area contributed by atoms with Gasteiger partial charge in [-0.2, -0.15) is 0 Å². The van der Waals surface area contributed by atoms with Crippen molar-refractivity contribution in [3.63, 3.8) is 0 Å². The second-order valence-electron chi connectivity index (χ2n) is 7.41. The summed E-state index contributed by atoms with van der Waals surface area (Å²) in [6.45, 7) is 10.2. The SMILES string of the molecule is CCCCCCCCCCCCCCN1C[C@@H](C)O[C@H](C)C1. The Hall–Kier alpha value is -0.0800. The van der Waals surface area contributed by atoms with E-state index in [0.717, 1.165) is 13.1 Å². The Morgan fingerprint density at radius 1 is 0.682 bits per heavy atom. The van der Waals surface area contributed by atoms with Crippen molar-refractivity contribution in [2.24, 2.45) is 0 Å². The van der Waals surface area contributed by atoms with Crippen LogP contribution in [0.2, 0.25) is 0 Å². The van der Waals surface area contributed by atoms with Gasteiger partial charge in [-0.3, -0.25) is 4.90 Å². The van der Waals surface area contributed by atoms with Gasteiger partial charge in [0.1, 0.15) is 0 Å². The van der Waals surface area contributed by atoms with Gasteiger partial charge in [-0.1, -0.05) is 77.6 Å². The minimum absolute atomic E-state index is 0.418. The zero-order valence-corrected chi connectivity index (χ0v) is 15.6. The number of hydrogen-bond donors (Lipinski definition) is 0. The summed E-state index contributed by atoms with van der Waals surface area (Å²) < 4.78 is 5.79.